The molecular formula is C44H40F8N2O9. The summed E-state index contributed by atoms with van der Waals surface area (Å²) in [7, 11) is 0. The van der Waals surface area contributed by atoms with Crippen LogP contribution < -0.4 is 0 Å². The van der Waals surface area contributed by atoms with Gasteiger partial charge in [-0.25, -0.2) is 44.8 Å². The number of aliphatic hydroxyl groups is 1. The first-order valence-electron chi connectivity index (χ1n) is 18.5. The smallest absolute Gasteiger partial charge is 0.335 e. The number of halogens is 8. The van der Waals surface area contributed by atoms with E-state index in [2.05, 4.69) is 9.69 Å². The molecule has 19 heteroatoms. The van der Waals surface area contributed by atoms with Crippen molar-refractivity contribution in [3.8, 4) is 24.7 Å². The second-order valence-corrected chi connectivity index (χ2v) is 14.7. The van der Waals surface area contributed by atoms with E-state index in [-0.39, 0.29) is 30.5 Å². The van der Waals surface area contributed by atoms with Crippen LogP contribution in [-0.2, 0) is 59.4 Å². The number of allylic oxidation sites excluding steroid dienone is 2. The highest BCUT2D eigenvalue weighted by atomic mass is 19.2. The summed E-state index contributed by atoms with van der Waals surface area (Å²) in [5.41, 5.74) is -5.45. The molecule has 4 rings (SSSR count). The molecule has 11 nitrogen and oxygen atoms in total. The van der Waals surface area contributed by atoms with Gasteiger partial charge >= 0.3 is 23.9 Å². The Bertz CT molecular complexity index is 2330. The lowest BCUT2D eigenvalue weighted by Crippen LogP contribution is -2.14. The summed E-state index contributed by atoms with van der Waals surface area (Å²) in [6, 6.07) is 0. The number of carbonyl (C=O) groups excluding carboxylic acids is 3. The van der Waals surface area contributed by atoms with Crippen molar-refractivity contribution in [3.05, 3.63) is 115 Å². The molecule has 2 aliphatic rings. The number of carbonyl (C=O) groups is 4. The van der Waals surface area contributed by atoms with Gasteiger partial charge in [-0.3, -0.25) is 19.2 Å². The van der Waals surface area contributed by atoms with Crippen LogP contribution in [0.5, 0.6) is 0 Å². The normalized spacial score (nSPS) is 18.8. The van der Waals surface area contributed by atoms with E-state index in [9.17, 15) is 54.3 Å². The van der Waals surface area contributed by atoms with Crippen LogP contribution in [0.25, 0.3) is 9.69 Å². The summed E-state index contributed by atoms with van der Waals surface area (Å²) in [6.45, 7) is 22.3. The Morgan fingerprint density at radius 2 is 0.968 bits per heavy atom. The van der Waals surface area contributed by atoms with E-state index in [4.69, 9.17) is 50.4 Å². The molecule has 0 aromatic heterocycles. The van der Waals surface area contributed by atoms with E-state index in [1.165, 1.54) is 12.2 Å². The summed E-state index contributed by atoms with van der Waals surface area (Å²) in [4.78, 5) is 52.7. The van der Waals surface area contributed by atoms with Crippen molar-refractivity contribution in [3.63, 3.8) is 0 Å². The molecule has 0 amide bonds. The molecule has 2 N–H and O–H groups in total. The number of carboxylic acid groups (broad SMARTS) is 1. The summed E-state index contributed by atoms with van der Waals surface area (Å²) in [6.07, 6.45) is 11.2. The van der Waals surface area contributed by atoms with Crippen molar-refractivity contribution >= 4 is 23.9 Å². The third-order valence-corrected chi connectivity index (χ3v) is 10.2. The van der Waals surface area contributed by atoms with Crippen LogP contribution >= 0.6 is 0 Å². The molecule has 4 unspecified atom stereocenters. The molecular weight excluding hydrogens is 852 g/mol. The maximum Gasteiger partial charge on any atom is 0.335 e. The topological polar surface area (TPSA) is 145 Å². The van der Waals surface area contributed by atoms with Crippen LogP contribution in [0.3, 0.4) is 0 Å². The lowest BCUT2D eigenvalue weighted by molar-refractivity contribution is -0.148. The number of hydrogen-bond acceptors (Lipinski definition) is 8. The second kappa shape index (κ2) is 21.9. The molecule has 2 aromatic rings. The van der Waals surface area contributed by atoms with E-state index in [1.54, 1.807) is 41.5 Å². The highest BCUT2D eigenvalue weighted by molar-refractivity contribution is 5.91. The second-order valence-electron chi connectivity index (χ2n) is 14.7. The molecule has 2 fully saturated rings. The van der Waals surface area contributed by atoms with Gasteiger partial charge in [0, 0.05) is 24.0 Å². The van der Waals surface area contributed by atoms with E-state index in [0.717, 1.165) is 0 Å². The van der Waals surface area contributed by atoms with Gasteiger partial charge in [-0.15, -0.1) is 24.7 Å². The Morgan fingerprint density at radius 3 is 1.27 bits per heavy atom. The molecule has 4 atom stereocenters. The number of hydrogen-bond donors (Lipinski definition) is 2. The Labute approximate surface area is 357 Å². The van der Waals surface area contributed by atoms with Crippen LogP contribution in [0.15, 0.2) is 23.5 Å². The first-order chi connectivity index (χ1) is 29.4. The van der Waals surface area contributed by atoms with Gasteiger partial charge in [0.25, 0.3) is 11.4 Å². The summed E-state index contributed by atoms with van der Waals surface area (Å²) < 4.78 is 123. The first-order valence-corrected chi connectivity index (χ1v) is 18.5. The molecule has 0 radical (unpaired) electrons. The summed E-state index contributed by atoms with van der Waals surface area (Å²) in [5, 5.41) is 17.5. The number of ether oxygens (including phenoxy) is 3. The van der Waals surface area contributed by atoms with Gasteiger partial charge in [-0.1, -0.05) is 39.8 Å². The fourth-order valence-electron chi connectivity index (χ4n) is 6.41. The number of terminal acetylenes is 2. The average molecular weight is 893 g/mol. The van der Waals surface area contributed by atoms with Crippen molar-refractivity contribution in [2.45, 2.75) is 67.6 Å². The van der Waals surface area contributed by atoms with E-state index in [1.807, 2.05) is 11.8 Å². The highest BCUT2D eigenvalue weighted by Crippen LogP contribution is 2.60. The number of aliphatic hydroxyl groups excluding tert-OH is 1. The SMILES string of the molecule is C#CCc1c(F)c(F)c(CO)c(F)c1F.[C-]#[N+]/C(=C\C1C(C(=O)O)C1(C)C)C(=O)OCC.[C-]#[N+]/C(=C\C1C(C(=O)OCc2c(F)c(F)c(CC#C)c(F)c2F)C1(C)C)C(=O)OCC. The monoisotopic (exact) mass is 892 g/mol. The Kier molecular flexibility index (Phi) is 18.2. The van der Waals surface area contributed by atoms with E-state index < -0.39 is 147 Å². The third-order valence-electron chi connectivity index (χ3n) is 10.2. The summed E-state index contributed by atoms with van der Waals surface area (Å²) >= 11 is 0. The number of carboxylic acids is 1. The number of rotatable bonds is 13. The molecule has 63 heavy (non-hydrogen) atoms. The Morgan fingerprint density at radius 1 is 0.635 bits per heavy atom. The summed E-state index contributed by atoms with van der Waals surface area (Å²) in [5.74, 6) is -14.8. The predicted molar refractivity (Wildman–Crippen MR) is 205 cm³/mol. The average Bonchev–Trinajstić information content (AvgIpc) is 4.01. The zero-order valence-corrected chi connectivity index (χ0v) is 34.5. The number of nitrogens with zero attached hydrogens (tertiary/aromatic N) is 2. The minimum Gasteiger partial charge on any atom is -0.481 e. The number of aliphatic carboxylic acids is 1. The third kappa shape index (κ3) is 11.6. The van der Waals surface area contributed by atoms with Crippen LogP contribution in [0, 0.1) is 119 Å². The quantitative estimate of drug-likeness (QED) is 0.0393. The van der Waals surface area contributed by atoms with E-state index >= 15 is 0 Å². The molecule has 0 aliphatic heterocycles. The van der Waals surface area contributed by atoms with Gasteiger partial charge in [0.2, 0.25) is 0 Å². The van der Waals surface area contributed by atoms with Crippen LogP contribution in [0.2, 0.25) is 0 Å². The van der Waals surface area contributed by atoms with Crippen LogP contribution in [0.4, 0.5) is 35.1 Å². The standard InChI is InChI=1S/C22H19F4NO4.C12H15NO4.C10H6F4O/c1-6-8-11-16(23)18(25)12(19(26)17(11)24)10-31-21(29)15-13(22(15,3)4)9-14(27-5)20(28)30-7-2;1-5-17-11(16)8(13-4)6-7-9(10(14)15)12(7,2)3;1-2-3-5-7(11)9(13)6(4-15)10(14)8(5)12/h1,9,13,15H,7-8,10H2,2-4H3;6-7,9H,5H2,1-3H3,(H,14,15);1,15H,3-4H2/b14-9-;8-6-;. The fraction of sp³-hybridized carbons (Fsp3) is 0.409. The van der Waals surface area contributed by atoms with Crippen molar-refractivity contribution in [1.82, 2.24) is 0 Å². The van der Waals surface area contributed by atoms with Gasteiger partial charge in [-0.2, -0.15) is 0 Å². The zero-order valence-electron chi connectivity index (χ0n) is 34.5. The predicted octanol–water partition coefficient (Wildman–Crippen LogP) is 7.72. The molecule has 336 valence electrons. The van der Waals surface area contributed by atoms with Crippen LogP contribution in [0.1, 0.15) is 63.8 Å². The van der Waals surface area contributed by atoms with Gasteiger partial charge in [0.05, 0.1) is 55.9 Å². The van der Waals surface area contributed by atoms with E-state index in [0.29, 0.717) is 0 Å². The maximum atomic E-state index is 14.2. The molecule has 2 saturated carbocycles. The fourth-order valence-corrected chi connectivity index (χ4v) is 6.41. The minimum atomic E-state index is -1.69. The maximum absolute atomic E-state index is 14.2. The molecule has 2 aliphatic carbocycles. The molecule has 0 bridgehead atoms. The largest absolute Gasteiger partial charge is 0.481 e. The highest BCUT2D eigenvalue weighted by Gasteiger charge is 2.62. The Hall–Kier alpha value is -6.70. The molecule has 2 aromatic carbocycles. The molecule has 0 heterocycles. The molecule has 0 spiro atoms. The van der Waals surface area contributed by atoms with Crippen molar-refractivity contribution in [1.29, 1.82) is 0 Å². The van der Waals surface area contributed by atoms with Gasteiger partial charge in [0.1, 0.15) is 6.61 Å². The van der Waals surface area contributed by atoms with Crippen molar-refractivity contribution in [2.75, 3.05) is 13.2 Å². The zero-order chi connectivity index (χ0) is 48.3. The van der Waals surface area contributed by atoms with Crippen LogP contribution in [-0.4, -0.2) is 47.3 Å². The lowest BCUT2D eigenvalue weighted by Gasteiger charge is -2.11. The minimum absolute atomic E-state index is 0.0651. The number of esters is 3. The van der Waals surface area contributed by atoms with Crippen molar-refractivity contribution in [2.24, 2.45) is 34.5 Å². The van der Waals surface area contributed by atoms with Gasteiger partial charge < -0.3 is 24.4 Å². The number of benzene rings is 2. The lowest BCUT2D eigenvalue weighted by atomic mass is 10.1. The molecule has 0 saturated heterocycles. The Balaban J connectivity index is 0.000000359. The first kappa shape index (κ1) is 52.4. The van der Waals surface area contributed by atoms with Gasteiger partial charge in [0.15, 0.2) is 46.5 Å². The van der Waals surface area contributed by atoms with Crippen molar-refractivity contribution < 1.29 is 78.7 Å². The van der Waals surface area contributed by atoms with Gasteiger partial charge in [-0.05, 0) is 36.5 Å².